The minimum Gasteiger partial charge on any atom is -0.508 e. The first-order valence-corrected chi connectivity index (χ1v) is 16.1. The number of aliphatic hydroxyl groups excluding tert-OH is 8. The zero-order valence-corrected chi connectivity index (χ0v) is 27.1. The van der Waals surface area contributed by atoms with Crippen LogP contribution < -0.4 is 10.2 Å². The summed E-state index contributed by atoms with van der Waals surface area (Å²) in [4.78, 5) is 13.0. The highest BCUT2D eigenvalue weighted by atomic mass is 16.8. The average Bonchev–Trinajstić information content (AvgIpc) is 3.09. The van der Waals surface area contributed by atoms with E-state index in [2.05, 4.69) is 0 Å². The molecule has 0 saturated carbocycles. The maximum atomic E-state index is 13.0. The Morgan fingerprint density at radius 2 is 1.24 bits per heavy atom. The number of aliphatic hydroxyl groups is 8. The van der Waals surface area contributed by atoms with Gasteiger partial charge in [-0.2, -0.15) is 0 Å². The molecule has 0 unspecified atom stereocenters. The van der Waals surface area contributed by atoms with Gasteiger partial charge in [0.2, 0.25) is 6.29 Å². The third-order valence-corrected chi connectivity index (χ3v) is 9.18. The Morgan fingerprint density at radius 3 is 1.80 bits per heavy atom. The lowest BCUT2D eigenvalue weighted by atomic mass is 9.96. The third-order valence-electron chi connectivity index (χ3n) is 9.18. The molecule has 3 fully saturated rings. The molecule has 3 aromatic rings. The van der Waals surface area contributed by atoms with Gasteiger partial charge < -0.3 is 83.9 Å². The van der Waals surface area contributed by atoms with Gasteiger partial charge in [-0.25, -0.2) is 0 Å². The molecule has 51 heavy (non-hydrogen) atoms. The van der Waals surface area contributed by atoms with Gasteiger partial charge in [0.1, 0.15) is 88.9 Å². The lowest BCUT2D eigenvalue weighted by Gasteiger charge is -2.48. The zero-order chi connectivity index (χ0) is 36.9. The molecule has 2 aromatic carbocycles. The molecule has 280 valence electrons. The van der Waals surface area contributed by atoms with Gasteiger partial charge in [0.15, 0.2) is 24.1 Å². The fourth-order valence-electron chi connectivity index (χ4n) is 6.22. The van der Waals surface area contributed by atoms with Crippen molar-refractivity contribution in [3.8, 4) is 28.6 Å². The van der Waals surface area contributed by atoms with E-state index in [1.165, 1.54) is 44.2 Å². The highest BCUT2D eigenvalue weighted by molar-refractivity contribution is 5.86. The normalized spacial score (nSPS) is 38.8. The van der Waals surface area contributed by atoms with Gasteiger partial charge in [-0.1, -0.05) is 0 Å². The SMILES string of the molecule is C[C@H]1O[C@@H](O[C@H]2[C@H](Oc3cc(O)c4c(=O)cc(-c5ccc(O)cc5)oc4c3)O[C@H](CO)[C@@H](O[C@H]3O[C@H](C)[C@@H](O)[C@H](O)[C@@H]3O)[C@@H]2O)[C@@H](O)[C@@H](O)[C@@H]1O. The van der Waals surface area contributed by atoms with E-state index >= 15 is 0 Å². The second-order valence-electron chi connectivity index (χ2n) is 12.7. The monoisotopic (exact) mass is 724 g/mol. The maximum Gasteiger partial charge on any atom is 0.229 e. The molecule has 10 N–H and O–H groups in total. The van der Waals surface area contributed by atoms with E-state index in [0.29, 0.717) is 5.56 Å². The molecule has 4 heterocycles. The predicted octanol–water partition coefficient (Wildman–Crippen LogP) is -2.25. The average molecular weight is 725 g/mol. The Kier molecular flexibility index (Phi) is 10.9. The number of hydrogen-bond donors (Lipinski definition) is 10. The minimum absolute atomic E-state index is 0.0184. The van der Waals surface area contributed by atoms with Crippen LogP contribution in [0.2, 0.25) is 0 Å². The van der Waals surface area contributed by atoms with E-state index in [1.54, 1.807) is 0 Å². The summed E-state index contributed by atoms with van der Waals surface area (Å²) in [5, 5.41) is 104. The molecule has 0 aliphatic carbocycles. The summed E-state index contributed by atoms with van der Waals surface area (Å²) in [6.45, 7) is 1.98. The van der Waals surface area contributed by atoms with E-state index in [4.69, 9.17) is 32.8 Å². The number of fused-ring (bicyclic) bond motifs is 1. The number of ether oxygens (including phenoxy) is 6. The van der Waals surface area contributed by atoms with Crippen LogP contribution >= 0.6 is 0 Å². The van der Waals surface area contributed by atoms with Gasteiger partial charge in [0, 0.05) is 23.8 Å². The summed E-state index contributed by atoms with van der Waals surface area (Å²) in [6.07, 6.45) is -23.9. The Labute approximate surface area is 288 Å². The second-order valence-corrected chi connectivity index (χ2v) is 12.7. The number of hydrogen-bond acceptors (Lipinski definition) is 18. The molecule has 0 amide bonds. The van der Waals surface area contributed by atoms with E-state index in [0.717, 1.165) is 12.1 Å². The summed E-state index contributed by atoms with van der Waals surface area (Å²) >= 11 is 0. The van der Waals surface area contributed by atoms with Crippen molar-refractivity contribution in [2.75, 3.05) is 6.61 Å². The number of rotatable bonds is 8. The van der Waals surface area contributed by atoms with Crippen LogP contribution in [0.3, 0.4) is 0 Å². The first-order valence-electron chi connectivity index (χ1n) is 16.1. The van der Waals surface area contributed by atoms with Crippen molar-refractivity contribution in [3.05, 3.63) is 52.7 Å². The second kappa shape index (κ2) is 14.9. The summed E-state index contributed by atoms with van der Waals surface area (Å²) in [6, 6.07) is 9.22. The van der Waals surface area contributed by atoms with E-state index in [1.807, 2.05) is 0 Å². The van der Waals surface area contributed by atoms with Crippen LogP contribution in [0.1, 0.15) is 13.8 Å². The molecule has 15 atom stereocenters. The lowest BCUT2D eigenvalue weighted by Crippen LogP contribution is -2.66. The predicted molar refractivity (Wildman–Crippen MR) is 168 cm³/mol. The van der Waals surface area contributed by atoms with Crippen molar-refractivity contribution in [2.45, 2.75) is 106 Å². The van der Waals surface area contributed by atoms with Crippen molar-refractivity contribution in [1.29, 1.82) is 0 Å². The molecule has 1 aromatic heterocycles. The minimum atomic E-state index is -1.88. The van der Waals surface area contributed by atoms with E-state index in [-0.39, 0.29) is 28.2 Å². The standard InChI is InChI=1S/C33H40O18/c1-11-22(38)24(40)26(42)31(45-11)50-29-20(10-34)49-33(30(28(29)44)51-32-27(43)25(41)23(39)12(2)46-32)47-15-7-16(36)21-17(37)9-18(48-19(21)8-15)13-3-5-14(35)6-4-13/h3-9,11-12,20,22-36,38-44H,10H2,1-2H3/t11-,12-,20-,22-,23-,24+,25+,26+,27+,28+,29-,30-,31-,32+,33-/m1/s1. The van der Waals surface area contributed by atoms with Gasteiger partial charge in [-0.3, -0.25) is 4.79 Å². The molecule has 3 aliphatic heterocycles. The van der Waals surface area contributed by atoms with Gasteiger partial charge in [0.25, 0.3) is 0 Å². The summed E-state index contributed by atoms with van der Waals surface area (Å²) in [7, 11) is 0. The van der Waals surface area contributed by atoms with Crippen LogP contribution in [0.5, 0.6) is 17.2 Å². The topological polar surface area (TPSA) is 288 Å². The molecule has 3 saturated heterocycles. The van der Waals surface area contributed by atoms with Crippen LogP contribution in [0, 0.1) is 0 Å². The summed E-state index contributed by atoms with van der Waals surface area (Å²) in [5.74, 6) is -0.682. The highest BCUT2D eigenvalue weighted by Crippen LogP contribution is 2.36. The van der Waals surface area contributed by atoms with Crippen LogP contribution in [0.15, 0.2) is 51.7 Å². The molecule has 0 radical (unpaired) electrons. The summed E-state index contributed by atoms with van der Waals surface area (Å²) in [5.41, 5.74) is -0.311. The molecule has 0 spiro atoms. The molecular formula is C33H40O18. The number of phenols is 2. The number of benzene rings is 2. The Bertz CT molecular complexity index is 1720. The zero-order valence-electron chi connectivity index (χ0n) is 27.1. The maximum absolute atomic E-state index is 13.0. The quantitative estimate of drug-likeness (QED) is 0.117. The van der Waals surface area contributed by atoms with Crippen molar-refractivity contribution in [3.63, 3.8) is 0 Å². The first kappa shape index (κ1) is 37.3. The first-order chi connectivity index (χ1) is 24.2. The van der Waals surface area contributed by atoms with Crippen LogP contribution in [0.25, 0.3) is 22.3 Å². The Hall–Kier alpha value is -3.47. The number of aromatic hydroxyl groups is 2. The largest absolute Gasteiger partial charge is 0.508 e. The van der Waals surface area contributed by atoms with Crippen molar-refractivity contribution in [2.24, 2.45) is 0 Å². The smallest absolute Gasteiger partial charge is 0.229 e. The van der Waals surface area contributed by atoms with Gasteiger partial charge in [0.05, 0.1) is 18.8 Å². The Morgan fingerprint density at radius 1 is 0.667 bits per heavy atom. The van der Waals surface area contributed by atoms with Crippen LogP contribution in [-0.2, 0) is 23.7 Å². The molecule has 18 nitrogen and oxygen atoms in total. The molecule has 3 aliphatic rings. The fraction of sp³-hybridized carbons (Fsp3) is 0.545. The molecule has 6 rings (SSSR count). The highest BCUT2D eigenvalue weighted by Gasteiger charge is 2.54. The van der Waals surface area contributed by atoms with Gasteiger partial charge in [-0.15, -0.1) is 0 Å². The fourth-order valence-corrected chi connectivity index (χ4v) is 6.22. The van der Waals surface area contributed by atoms with Gasteiger partial charge in [-0.05, 0) is 38.1 Å². The van der Waals surface area contributed by atoms with Crippen molar-refractivity contribution in [1.82, 2.24) is 0 Å². The van der Waals surface area contributed by atoms with Crippen molar-refractivity contribution < 1.29 is 83.9 Å². The molecule has 0 bridgehead atoms. The molecule has 18 heteroatoms. The Balaban J connectivity index is 1.33. The van der Waals surface area contributed by atoms with Gasteiger partial charge >= 0.3 is 0 Å². The van der Waals surface area contributed by atoms with Crippen molar-refractivity contribution >= 4 is 11.0 Å². The van der Waals surface area contributed by atoms with E-state index in [9.17, 15) is 55.9 Å². The van der Waals surface area contributed by atoms with E-state index < -0.39 is 110 Å². The summed E-state index contributed by atoms with van der Waals surface area (Å²) < 4.78 is 40.6. The number of phenolic OH excluding ortho intramolecular Hbond substituents is 2. The lowest BCUT2D eigenvalue weighted by molar-refractivity contribution is -0.376. The van der Waals surface area contributed by atoms with Crippen LogP contribution in [-0.4, -0.2) is 150 Å². The van der Waals surface area contributed by atoms with Crippen LogP contribution in [0.4, 0.5) is 0 Å². The molecular weight excluding hydrogens is 684 g/mol. The third kappa shape index (κ3) is 7.29.